The predicted octanol–water partition coefficient (Wildman–Crippen LogP) is -0.503. The summed E-state index contributed by atoms with van der Waals surface area (Å²) in [6.45, 7) is 0. The fraction of sp³-hybridized carbons (Fsp3) is 0.167. The summed E-state index contributed by atoms with van der Waals surface area (Å²) in [5, 5.41) is 13.5. The van der Waals surface area contributed by atoms with E-state index in [0.717, 1.165) is 12.3 Å². The van der Waals surface area contributed by atoms with Crippen LogP contribution in [-0.2, 0) is 19.9 Å². The van der Waals surface area contributed by atoms with Crippen molar-refractivity contribution in [1.29, 1.82) is 0 Å². The summed E-state index contributed by atoms with van der Waals surface area (Å²) in [5.74, 6) is -1.51. The molecule has 16 heavy (non-hydrogen) atoms. The van der Waals surface area contributed by atoms with Gasteiger partial charge in [0.2, 0.25) is 10.0 Å². The number of rotatable bonds is 3. The maximum atomic E-state index is 11.2. The summed E-state index contributed by atoms with van der Waals surface area (Å²) in [4.78, 5) is 9.61. The molecule has 1 aromatic rings. The Bertz CT molecular complexity index is 638. The first kappa shape index (κ1) is 13.1. The van der Waals surface area contributed by atoms with Crippen LogP contribution in [0.5, 0.6) is 0 Å². The van der Waals surface area contributed by atoms with Crippen molar-refractivity contribution in [2.45, 2.75) is 9.10 Å². The number of aromatic carboxylic acids is 1. The van der Waals surface area contributed by atoms with Gasteiger partial charge in [0.1, 0.15) is 9.09 Å². The van der Waals surface area contributed by atoms with Crippen molar-refractivity contribution >= 4 is 37.2 Å². The first-order valence-electron chi connectivity index (χ1n) is 3.63. The molecule has 0 spiro atoms. The number of nitrogens with two attached hydrogens (primary N) is 1. The summed E-state index contributed by atoms with van der Waals surface area (Å²) < 4.78 is 43.8. The van der Waals surface area contributed by atoms with Crippen molar-refractivity contribution in [2.24, 2.45) is 5.14 Å². The van der Waals surface area contributed by atoms with Crippen molar-refractivity contribution in [3.8, 4) is 0 Å². The second kappa shape index (κ2) is 3.80. The fourth-order valence-electron chi connectivity index (χ4n) is 0.918. The van der Waals surface area contributed by atoms with Crippen molar-refractivity contribution in [3.05, 3.63) is 10.9 Å². The highest BCUT2D eigenvalue weighted by Crippen LogP contribution is 2.29. The maximum absolute atomic E-state index is 11.2. The molecule has 10 heteroatoms. The third-order valence-electron chi connectivity index (χ3n) is 1.55. The van der Waals surface area contributed by atoms with Gasteiger partial charge in [0.25, 0.3) is 0 Å². The molecule has 0 saturated carbocycles. The molecule has 0 saturated heterocycles. The summed E-state index contributed by atoms with van der Waals surface area (Å²) in [6, 6.07) is 0.749. The van der Waals surface area contributed by atoms with Gasteiger partial charge in [-0.2, -0.15) is 0 Å². The van der Waals surface area contributed by atoms with Gasteiger partial charge in [0, 0.05) is 6.26 Å². The minimum absolute atomic E-state index is 0.310. The van der Waals surface area contributed by atoms with Gasteiger partial charge in [-0.3, -0.25) is 0 Å². The molecule has 0 fully saturated rings. The molecule has 0 atom stereocenters. The van der Waals surface area contributed by atoms with Gasteiger partial charge >= 0.3 is 5.97 Å². The van der Waals surface area contributed by atoms with Gasteiger partial charge in [-0.25, -0.2) is 26.8 Å². The minimum Gasteiger partial charge on any atom is -0.477 e. The van der Waals surface area contributed by atoms with E-state index in [0.29, 0.717) is 11.3 Å². The van der Waals surface area contributed by atoms with E-state index in [2.05, 4.69) is 0 Å². The average molecular weight is 285 g/mol. The standard InChI is InChI=1S/C6H7NO6S3/c1-15(10,11)3-2-4(16(7,12)13)14-5(3)6(8)9/h2H,1H3,(H,8,9)(H2,7,12,13). The summed E-state index contributed by atoms with van der Waals surface area (Å²) >= 11 is 0.310. The molecule has 1 rings (SSSR count). The van der Waals surface area contributed by atoms with Crippen LogP contribution in [0.4, 0.5) is 0 Å². The number of sulfone groups is 1. The van der Waals surface area contributed by atoms with Crippen LogP contribution in [0.15, 0.2) is 15.2 Å². The molecular weight excluding hydrogens is 278 g/mol. The lowest BCUT2D eigenvalue weighted by Gasteiger charge is -1.94. The molecule has 7 nitrogen and oxygen atoms in total. The second-order valence-electron chi connectivity index (χ2n) is 2.88. The SMILES string of the molecule is CS(=O)(=O)c1cc(S(N)(=O)=O)sc1C(=O)O. The molecule has 0 aliphatic rings. The van der Waals surface area contributed by atoms with E-state index in [1.165, 1.54) is 0 Å². The molecule has 0 amide bonds. The third-order valence-corrected chi connectivity index (χ3v) is 5.34. The summed E-state index contributed by atoms with van der Waals surface area (Å²) in [5.41, 5.74) is 0. The van der Waals surface area contributed by atoms with Crippen molar-refractivity contribution in [2.75, 3.05) is 6.26 Å². The molecule has 0 unspecified atom stereocenters. The quantitative estimate of drug-likeness (QED) is 0.769. The molecule has 0 aromatic carbocycles. The van der Waals surface area contributed by atoms with Crippen LogP contribution in [0.2, 0.25) is 0 Å². The van der Waals surface area contributed by atoms with Crippen LogP contribution in [0.1, 0.15) is 9.67 Å². The van der Waals surface area contributed by atoms with E-state index in [1.54, 1.807) is 0 Å². The van der Waals surface area contributed by atoms with Crippen LogP contribution in [0.25, 0.3) is 0 Å². The predicted molar refractivity (Wildman–Crippen MR) is 55.8 cm³/mol. The zero-order chi connectivity index (χ0) is 12.7. The number of primary sulfonamides is 1. The summed E-state index contributed by atoms with van der Waals surface area (Å²) in [6.07, 6.45) is 0.786. The molecule has 0 bridgehead atoms. The Morgan fingerprint density at radius 1 is 1.38 bits per heavy atom. The van der Waals surface area contributed by atoms with Gasteiger partial charge in [-0.15, -0.1) is 11.3 Å². The van der Waals surface area contributed by atoms with E-state index in [4.69, 9.17) is 10.2 Å². The number of carboxylic acid groups (broad SMARTS) is 1. The number of carbonyl (C=O) groups is 1. The molecular formula is C6H7NO6S3. The minimum atomic E-state index is -4.11. The number of hydrogen-bond donors (Lipinski definition) is 2. The maximum Gasteiger partial charge on any atom is 0.347 e. The van der Waals surface area contributed by atoms with Crippen LogP contribution >= 0.6 is 11.3 Å². The highest BCUT2D eigenvalue weighted by Gasteiger charge is 2.26. The Kier molecular flexibility index (Phi) is 3.11. The van der Waals surface area contributed by atoms with Gasteiger partial charge < -0.3 is 5.11 Å². The van der Waals surface area contributed by atoms with Crippen LogP contribution < -0.4 is 5.14 Å². The number of hydrogen-bond acceptors (Lipinski definition) is 6. The van der Waals surface area contributed by atoms with E-state index in [9.17, 15) is 21.6 Å². The fourth-order valence-corrected chi connectivity index (χ4v) is 4.02. The summed E-state index contributed by atoms with van der Waals surface area (Å²) in [7, 11) is -7.92. The normalized spacial score (nSPS) is 12.6. The Balaban J connectivity index is 3.64. The van der Waals surface area contributed by atoms with E-state index in [-0.39, 0.29) is 0 Å². The molecule has 1 heterocycles. The molecule has 1 aromatic heterocycles. The van der Waals surface area contributed by atoms with Crippen LogP contribution in [-0.4, -0.2) is 34.2 Å². The van der Waals surface area contributed by atoms with E-state index < -0.39 is 39.8 Å². The highest BCUT2D eigenvalue weighted by molar-refractivity contribution is 7.92. The monoisotopic (exact) mass is 285 g/mol. The van der Waals surface area contributed by atoms with Crippen molar-refractivity contribution in [1.82, 2.24) is 0 Å². The molecule has 90 valence electrons. The number of carboxylic acids is 1. The highest BCUT2D eigenvalue weighted by atomic mass is 32.2. The molecule has 0 aliphatic heterocycles. The average Bonchev–Trinajstić information content (AvgIpc) is 2.44. The van der Waals surface area contributed by atoms with Gasteiger partial charge in [-0.05, 0) is 6.07 Å². The topological polar surface area (TPSA) is 132 Å². The first-order valence-corrected chi connectivity index (χ1v) is 7.89. The largest absolute Gasteiger partial charge is 0.477 e. The zero-order valence-electron chi connectivity index (χ0n) is 7.87. The Hall–Kier alpha value is -0.970. The number of sulfonamides is 1. The van der Waals surface area contributed by atoms with Crippen LogP contribution in [0.3, 0.4) is 0 Å². The molecule has 3 N–H and O–H groups in total. The Morgan fingerprint density at radius 2 is 1.88 bits per heavy atom. The van der Waals surface area contributed by atoms with Gasteiger partial charge in [0.05, 0.1) is 4.90 Å². The lowest BCUT2D eigenvalue weighted by Crippen LogP contribution is -2.10. The van der Waals surface area contributed by atoms with E-state index in [1.807, 2.05) is 0 Å². The third kappa shape index (κ3) is 2.58. The Labute approximate surface area is 95.5 Å². The smallest absolute Gasteiger partial charge is 0.347 e. The zero-order valence-corrected chi connectivity index (χ0v) is 10.3. The van der Waals surface area contributed by atoms with E-state index >= 15 is 0 Å². The second-order valence-corrected chi connectivity index (χ2v) is 7.71. The van der Waals surface area contributed by atoms with Gasteiger partial charge in [0.15, 0.2) is 9.84 Å². The van der Waals surface area contributed by atoms with Crippen LogP contribution in [0, 0.1) is 0 Å². The Morgan fingerprint density at radius 3 is 2.12 bits per heavy atom. The molecule has 0 aliphatic carbocycles. The lowest BCUT2D eigenvalue weighted by atomic mass is 10.5. The number of thiophene rings is 1. The lowest BCUT2D eigenvalue weighted by molar-refractivity contribution is 0.0698. The van der Waals surface area contributed by atoms with Crippen molar-refractivity contribution in [3.63, 3.8) is 0 Å². The molecule has 0 radical (unpaired) electrons. The van der Waals surface area contributed by atoms with Crippen molar-refractivity contribution < 1.29 is 26.7 Å². The van der Waals surface area contributed by atoms with Gasteiger partial charge in [-0.1, -0.05) is 0 Å². The first-order chi connectivity index (χ1) is 7.03.